The Labute approximate surface area is 93.7 Å². The first-order chi connectivity index (χ1) is 7.72. The fourth-order valence-corrected chi connectivity index (χ4v) is 1.81. The maximum atomic E-state index is 11.9. The molecule has 0 amide bonds. The summed E-state index contributed by atoms with van der Waals surface area (Å²) in [5, 5.41) is 9.50. The molecule has 0 atom stereocenters. The Hall–Kier alpha value is -1.61. The Balaban J connectivity index is 2.51. The van der Waals surface area contributed by atoms with Crippen molar-refractivity contribution in [1.29, 1.82) is 0 Å². The highest BCUT2D eigenvalue weighted by Gasteiger charge is 2.02. The highest BCUT2D eigenvalue weighted by Crippen LogP contribution is 2.12. The third kappa shape index (κ3) is 1.99. The number of aliphatic hydroxyl groups excluding tert-OH is 1. The molecule has 0 aliphatic heterocycles. The van der Waals surface area contributed by atoms with Gasteiger partial charge in [0, 0.05) is 29.3 Å². The topological polar surface area (TPSA) is 53.1 Å². The van der Waals surface area contributed by atoms with Crippen LogP contribution in [0.5, 0.6) is 0 Å². The normalized spacial score (nSPS) is 10.9. The highest BCUT2D eigenvalue weighted by molar-refractivity contribution is 5.79. The van der Waals surface area contributed by atoms with Gasteiger partial charge in [0.15, 0.2) is 5.43 Å². The number of aromatic amines is 1. The van der Waals surface area contributed by atoms with E-state index in [0.717, 1.165) is 34.9 Å². The van der Waals surface area contributed by atoms with Crippen molar-refractivity contribution in [2.24, 2.45) is 0 Å². The third-order valence-electron chi connectivity index (χ3n) is 2.75. The van der Waals surface area contributed by atoms with E-state index in [2.05, 4.69) is 4.98 Å². The molecule has 3 heteroatoms. The number of aliphatic hydroxyl groups is 1. The third-order valence-corrected chi connectivity index (χ3v) is 2.75. The van der Waals surface area contributed by atoms with Crippen LogP contribution in [0.2, 0.25) is 0 Å². The molecule has 1 heterocycles. The molecule has 1 aromatic heterocycles. The van der Waals surface area contributed by atoms with Crippen molar-refractivity contribution in [3.63, 3.8) is 0 Å². The maximum Gasteiger partial charge on any atom is 0.192 e. The first-order valence-corrected chi connectivity index (χ1v) is 5.44. The average molecular weight is 217 g/mol. The molecule has 0 spiro atoms. The van der Waals surface area contributed by atoms with Gasteiger partial charge in [-0.25, -0.2) is 0 Å². The van der Waals surface area contributed by atoms with Crippen molar-refractivity contribution in [3.05, 3.63) is 45.7 Å². The van der Waals surface area contributed by atoms with E-state index in [9.17, 15) is 4.79 Å². The number of pyridine rings is 1. The summed E-state index contributed by atoms with van der Waals surface area (Å²) in [6.07, 6.45) is 3.27. The minimum Gasteiger partial charge on any atom is -0.396 e. The van der Waals surface area contributed by atoms with Crippen LogP contribution in [-0.2, 0) is 6.42 Å². The zero-order valence-electron chi connectivity index (χ0n) is 9.29. The maximum absolute atomic E-state index is 11.9. The van der Waals surface area contributed by atoms with Gasteiger partial charge in [-0.1, -0.05) is 6.07 Å². The smallest absolute Gasteiger partial charge is 0.192 e. The van der Waals surface area contributed by atoms with Crippen molar-refractivity contribution in [2.75, 3.05) is 6.61 Å². The molecule has 2 rings (SSSR count). The number of benzene rings is 1. The number of hydrogen-bond acceptors (Lipinski definition) is 2. The molecular weight excluding hydrogens is 202 g/mol. The lowest BCUT2D eigenvalue weighted by molar-refractivity contribution is 0.288. The van der Waals surface area contributed by atoms with Gasteiger partial charge in [0.2, 0.25) is 0 Å². The highest BCUT2D eigenvalue weighted by atomic mass is 16.2. The first kappa shape index (κ1) is 10.9. The minimum atomic E-state index is 0.0830. The molecule has 2 aromatic rings. The van der Waals surface area contributed by atoms with E-state index in [1.54, 1.807) is 13.1 Å². The van der Waals surface area contributed by atoms with E-state index in [0.29, 0.717) is 0 Å². The zero-order valence-corrected chi connectivity index (χ0v) is 9.29. The molecule has 1 aromatic carbocycles. The van der Waals surface area contributed by atoms with Gasteiger partial charge < -0.3 is 10.1 Å². The van der Waals surface area contributed by atoms with E-state index >= 15 is 0 Å². The predicted molar refractivity (Wildman–Crippen MR) is 64.7 cm³/mol. The Kier molecular flexibility index (Phi) is 3.06. The SMILES string of the molecule is Cc1c[nH]c2ccc(CCCO)cc2c1=O. The molecule has 3 nitrogen and oxygen atoms in total. The van der Waals surface area contributed by atoms with Crippen molar-refractivity contribution in [3.8, 4) is 0 Å². The van der Waals surface area contributed by atoms with Crippen LogP contribution in [0.3, 0.4) is 0 Å². The molecule has 0 saturated heterocycles. The Bertz CT molecular complexity index is 557. The van der Waals surface area contributed by atoms with Crippen LogP contribution >= 0.6 is 0 Å². The number of fused-ring (bicyclic) bond motifs is 1. The molecule has 0 bridgehead atoms. The number of H-pyrrole nitrogens is 1. The van der Waals surface area contributed by atoms with Gasteiger partial charge in [0.25, 0.3) is 0 Å². The van der Waals surface area contributed by atoms with E-state index in [1.807, 2.05) is 18.2 Å². The molecule has 0 saturated carbocycles. The fourth-order valence-electron chi connectivity index (χ4n) is 1.81. The van der Waals surface area contributed by atoms with Crippen molar-refractivity contribution >= 4 is 10.9 Å². The molecular formula is C13H15NO2. The minimum absolute atomic E-state index is 0.0830. The number of aryl methyl sites for hydroxylation is 2. The van der Waals surface area contributed by atoms with Crippen LogP contribution in [0.4, 0.5) is 0 Å². The second kappa shape index (κ2) is 4.49. The lowest BCUT2D eigenvalue weighted by Crippen LogP contribution is -2.06. The van der Waals surface area contributed by atoms with Crippen molar-refractivity contribution in [1.82, 2.24) is 4.98 Å². The number of nitrogens with one attached hydrogen (secondary N) is 1. The van der Waals surface area contributed by atoms with Crippen LogP contribution in [0, 0.1) is 6.92 Å². The van der Waals surface area contributed by atoms with Crippen molar-refractivity contribution < 1.29 is 5.11 Å². The first-order valence-electron chi connectivity index (χ1n) is 5.44. The van der Waals surface area contributed by atoms with Crippen LogP contribution in [-0.4, -0.2) is 16.7 Å². The molecule has 84 valence electrons. The van der Waals surface area contributed by atoms with Crippen molar-refractivity contribution in [2.45, 2.75) is 19.8 Å². The summed E-state index contributed by atoms with van der Waals surface area (Å²) in [6.45, 7) is 1.99. The predicted octanol–water partition coefficient (Wildman–Crippen LogP) is 1.76. The quantitative estimate of drug-likeness (QED) is 0.823. The van der Waals surface area contributed by atoms with Gasteiger partial charge in [-0.05, 0) is 37.5 Å². The van der Waals surface area contributed by atoms with Gasteiger partial charge in [-0.15, -0.1) is 0 Å². The second-order valence-corrected chi connectivity index (χ2v) is 4.01. The number of aromatic nitrogens is 1. The monoisotopic (exact) mass is 217 g/mol. The molecule has 0 aliphatic carbocycles. The van der Waals surface area contributed by atoms with Crippen LogP contribution in [0.1, 0.15) is 17.5 Å². The van der Waals surface area contributed by atoms with E-state index in [-0.39, 0.29) is 12.0 Å². The largest absolute Gasteiger partial charge is 0.396 e. The Morgan fingerprint density at radius 1 is 1.38 bits per heavy atom. The fraction of sp³-hybridized carbons (Fsp3) is 0.308. The lowest BCUT2D eigenvalue weighted by Gasteiger charge is -2.03. The molecule has 0 fully saturated rings. The lowest BCUT2D eigenvalue weighted by atomic mass is 10.1. The Morgan fingerprint density at radius 2 is 2.19 bits per heavy atom. The van der Waals surface area contributed by atoms with Crippen LogP contribution in [0.15, 0.2) is 29.2 Å². The zero-order chi connectivity index (χ0) is 11.5. The Morgan fingerprint density at radius 3 is 2.94 bits per heavy atom. The summed E-state index contributed by atoms with van der Waals surface area (Å²) in [4.78, 5) is 15.0. The number of hydrogen-bond donors (Lipinski definition) is 2. The molecule has 2 N–H and O–H groups in total. The average Bonchev–Trinajstić information content (AvgIpc) is 2.31. The van der Waals surface area contributed by atoms with E-state index in [4.69, 9.17) is 5.11 Å². The summed E-state index contributed by atoms with van der Waals surface area (Å²) < 4.78 is 0. The summed E-state index contributed by atoms with van der Waals surface area (Å²) in [5.41, 5.74) is 2.77. The molecule has 0 radical (unpaired) electrons. The van der Waals surface area contributed by atoms with Crippen LogP contribution < -0.4 is 5.43 Å². The molecule has 0 unspecified atom stereocenters. The van der Waals surface area contributed by atoms with Gasteiger partial charge in [-0.3, -0.25) is 4.79 Å². The van der Waals surface area contributed by atoms with Gasteiger partial charge in [-0.2, -0.15) is 0 Å². The second-order valence-electron chi connectivity index (χ2n) is 4.01. The summed E-state index contributed by atoms with van der Waals surface area (Å²) in [6, 6.07) is 5.82. The van der Waals surface area contributed by atoms with E-state index < -0.39 is 0 Å². The number of rotatable bonds is 3. The van der Waals surface area contributed by atoms with Gasteiger partial charge >= 0.3 is 0 Å². The summed E-state index contributed by atoms with van der Waals surface area (Å²) in [7, 11) is 0. The standard InChI is InChI=1S/C13H15NO2/c1-9-8-14-12-5-4-10(3-2-6-15)7-11(12)13(9)16/h4-5,7-8,15H,2-3,6H2,1H3,(H,14,16). The van der Waals surface area contributed by atoms with Gasteiger partial charge in [0.05, 0.1) is 0 Å². The van der Waals surface area contributed by atoms with Crippen LogP contribution in [0.25, 0.3) is 10.9 Å². The summed E-state index contributed by atoms with van der Waals surface area (Å²) in [5.74, 6) is 0. The molecule has 0 aliphatic rings. The van der Waals surface area contributed by atoms with E-state index in [1.165, 1.54) is 0 Å². The molecule has 16 heavy (non-hydrogen) atoms. The summed E-state index contributed by atoms with van der Waals surface area (Å²) >= 11 is 0. The van der Waals surface area contributed by atoms with Gasteiger partial charge in [0.1, 0.15) is 0 Å².